The first-order valence-corrected chi connectivity index (χ1v) is 6.08. The van der Waals surface area contributed by atoms with Crippen LogP contribution in [0.3, 0.4) is 0 Å². The fourth-order valence-electron chi connectivity index (χ4n) is 1.46. The summed E-state index contributed by atoms with van der Waals surface area (Å²) in [5.41, 5.74) is 0.413. The highest BCUT2D eigenvalue weighted by Crippen LogP contribution is 2.15. The van der Waals surface area contributed by atoms with Gasteiger partial charge in [0.2, 0.25) is 0 Å². The van der Waals surface area contributed by atoms with E-state index in [1.54, 1.807) is 32.2 Å². The quantitative estimate of drug-likeness (QED) is 0.756. The van der Waals surface area contributed by atoms with Crippen LogP contribution in [0.1, 0.15) is 37.6 Å². The number of anilines is 1. The summed E-state index contributed by atoms with van der Waals surface area (Å²) < 4.78 is 5.15. The number of carbonyl (C=O) groups excluding carboxylic acids is 1. The van der Waals surface area contributed by atoms with Crippen molar-refractivity contribution in [1.82, 2.24) is 4.98 Å². The zero-order chi connectivity index (χ0) is 13.5. The molecule has 0 spiro atoms. The van der Waals surface area contributed by atoms with E-state index in [-0.39, 0.29) is 18.8 Å². The second-order valence-electron chi connectivity index (χ2n) is 4.41. The van der Waals surface area contributed by atoms with Crippen molar-refractivity contribution < 1.29 is 14.6 Å². The highest BCUT2D eigenvalue weighted by atomic mass is 16.5. The molecule has 1 aromatic rings. The van der Waals surface area contributed by atoms with Crippen LogP contribution in [0.5, 0.6) is 0 Å². The molecule has 1 atom stereocenters. The van der Waals surface area contributed by atoms with E-state index in [2.05, 4.69) is 10.3 Å². The first-order chi connectivity index (χ1) is 8.54. The van der Waals surface area contributed by atoms with Crippen molar-refractivity contribution in [2.45, 2.75) is 39.3 Å². The molecule has 0 amide bonds. The lowest BCUT2D eigenvalue weighted by atomic mass is 10.2. The molecular weight excluding hydrogens is 232 g/mol. The van der Waals surface area contributed by atoms with Gasteiger partial charge >= 0.3 is 5.97 Å². The summed E-state index contributed by atoms with van der Waals surface area (Å²) in [4.78, 5) is 16.0. The molecule has 0 aromatic carbocycles. The van der Waals surface area contributed by atoms with Crippen LogP contribution < -0.4 is 5.32 Å². The number of rotatable bonds is 6. The summed E-state index contributed by atoms with van der Waals surface area (Å²) in [6, 6.07) is 3.40. The minimum Gasteiger partial charge on any atom is -0.459 e. The lowest BCUT2D eigenvalue weighted by molar-refractivity contribution is 0.0378. The molecule has 1 heterocycles. The number of hydrogen-bond acceptors (Lipinski definition) is 5. The molecule has 0 fully saturated rings. The molecule has 18 heavy (non-hydrogen) atoms. The average molecular weight is 252 g/mol. The van der Waals surface area contributed by atoms with Crippen LogP contribution in [0, 0.1) is 0 Å². The first kappa shape index (κ1) is 14.4. The Morgan fingerprint density at radius 3 is 2.83 bits per heavy atom. The van der Waals surface area contributed by atoms with Crippen LogP contribution in [0.4, 0.5) is 5.82 Å². The second kappa shape index (κ2) is 6.96. The number of aromatic nitrogens is 1. The van der Waals surface area contributed by atoms with Crippen molar-refractivity contribution in [2.75, 3.05) is 11.9 Å². The number of esters is 1. The van der Waals surface area contributed by atoms with Gasteiger partial charge in [-0.15, -0.1) is 0 Å². The Hall–Kier alpha value is -1.62. The summed E-state index contributed by atoms with van der Waals surface area (Å²) in [6.07, 6.45) is 2.04. The molecule has 0 saturated heterocycles. The molecule has 5 nitrogen and oxygen atoms in total. The number of hydrogen-bond donors (Lipinski definition) is 2. The second-order valence-corrected chi connectivity index (χ2v) is 4.41. The Morgan fingerprint density at radius 2 is 2.22 bits per heavy atom. The van der Waals surface area contributed by atoms with E-state index in [1.807, 2.05) is 6.92 Å². The van der Waals surface area contributed by atoms with Crippen molar-refractivity contribution in [1.29, 1.82) is 0 Å². The first-order valence-electron chi connectivity index (χ1n) is 6.08. The van der Waals surface area contributed by atoms with Gasteiger partial charge in [-0.3, -0.25) is 0 Å². The predicted octanol–water partition coefficient (Wildman–Crippen LogP) is 1.83. The maximum atomic E-state index is 11.9. The maximum absolute atomic E-state index is 11.9. The summed E-state index contributed by atoms with van der Waals surface area (Å²) in [6.45, 7) is 5.61. The van der Waals surface area contributed by atoms with Gasteiger partial charge in [-0.1, -0.05) is 0 Å². The van der Waals surface area contributed by atoms with Gasteiger partial charge in [0.25, 0.3) is 0 Å². The zero-order valence-corrected chi connectivity index (χ0v) is 11.0. The van der Waals surface area contributed by atoms with E-state index >= 15 is 0 Å². The van der Waals surface area contributed by atoms with Gasteiger partial charge in [0.15, 0.2) is 0 Å². The fourth-order valence-corrected chi connectivity index (χ4v) is 1.46. The molecule has 0 bridgehead atoms. The van der Waals surface area contributed by atoms with E-state index in [4.69, 9.17) is 9.84 Å². The van der Waals surface area contributed by atoms with Crippen molar-refractivity contribution in [3.63, 3.8) is 0 Å². The minimum atomic E-state index is -0.392. The van der Waals surface area contributed by atoms with Crippen LogP contribution >= 0.6 is 0 Å². The predicted molar refractivity (Wildman–Crippen MR) is 69.6 cm³/mol. The van der Waals surface area contributed by atoms with Gasteiger partial charge in [-0.2, -0.15) is 0 Å². The van der Waals surface area contributed by atoms with Gasteiger partial charge in [-0.05, 0) is 39.3 Å². The summed E-state index contributed by atoms with van der Waals surface area (Å²) in [5.74, 6) is 0.0981. The number of nitrogens with zero attached hydrogens (tertiary/aromatic N) is 1. The molecule has 100 valence electrons. The molecule has 1 rings (SSSR count). The SMILES string of the molecule is CC(CCO)Nc1ncccc1C(=O)OC(C)C. The van der Waals surface area contributed by atoms with Crippen molar-refractivity contribution >= 4 is 11.8 Å². The fraction of sp³-hybridized carbons (Fsp3) is 0.538. The molecule has 1 aromatic heterocycles. The molecule has 5 heteroatoms. The van der Waals surface area contributed by atoms with Crippen molar-refractivity contribution in [3.05, 3.63) is 23.9 Å². The van der Waals surface area contributed by atoms with Crippen molar-refractivity contribution in [2.24, 2.45) is 0 Å². The molecule has 0 aliphatic rings. The Labute approximate surface area is 107 Å². The Balaban J connectivity index is 2.82. The number of aliphatic hydroxyl groups excluding tert-OH is 1. The minimum absolute atomic E-state index is 0.0375. The highest BCUT2D eigenvalue weighted by Gasteiger charge is 2.16. The van der Waals surface area contributed by atoms with Gasteiger partial charge in [-0.25, -0.2) is 9.78 Å². The normalized spacial score (nSPS) is 12.3. The Kier molecular flexibility index (Phi) is 5.58. The highest BCUT2D eigenvalue weighted by molar-refractivity contribution is 5.94. The molecule has 0 saturated carbocycles. The topological polar surface area (TPSA) is 71.5 Å². The van der Waals surface area contributed by atoms with Gasteiger partial charge in [0, 0.05) is 18.8 Å². The lowest BCUT2D eigenvalue weighted by Gasteiger charge is -2.16. The lowest BCUT2D eigenvalue weighted by Crippen LogP contribution is -2.21. The molecule has 2 N–H and O–H groups in total. The largest absolute Gasteiger partial charge is 0.459 e. The van der Waals surface area contributed by atoms with Gasteiger partial charge in [0.1, 0.15) is 11.4 Å². The van der Waals surface area contributed by atoms with Gasteiger partial charge < -0.3 is 15.2 Å². The van der Waals surface area contributed by atoms with Crippen LogP contribution in [0.25, 0.3) is 0 Å². The van der Waals surface area contributed by atoms with Crippen LogP contribution in [0.15, 0.2) is 18.3 Å². The van der Waals surface area contributed by atoms with E-state index in [1.165, 1.54) is 0 Å². The van der Waals surface area contributed by atoms with Crippen LogP contribution in [0.2, 0.25) is 0 Å². The maximum Gasteiger partial charge on any atom is 0.342 e. The van der Waals surface area contributed by atoms with Crippen LogP contribution in [-0.2, 0) is 4.74 Å². The van der Waals surface area contributed by atoms with Crippen LogP contribution in [-0.4, -0.2) is 34.8 Å². The number of pyridine rings is 1. The van der Waals surface area contributed by atoms with E-state index in [9.17, 15) is 4.79 Å². The summed E-state index contributed by atoms with van der Waals surface area (Å²) >= 11 is 0. The van der Waals surface area contributed by atoms with Crippen molar-refractivity contribution in [3.8, 4) is 0 Å². The molecule has 0 aliphatic carbocycles. The number of aliphatic hydroxyl groups is 1. The summed E-state index contributed by atoms with van der Waals surface area (Å²) in [7, 11) is 0. The number of ether oxygens (including phenoxy) is 1. The third-order valence-electron chi connectivity index (χ3n) is 2.32. The average Bonchev–Trinajstić information content (AvgIpc) is 2.28. The standard InChI is InChI=1S/C13H20N2O3/c1-9(2)18-13(17)11-5-4-7-14-12(11)15-10(3)6-8-16/h4-5,7,9-10,16H,6,8H2,1-3H3,(H,14,15). The van der Waals surface area contributed by atoms with E-state index in [0.717, 1.165) is 0 Å². The van der Waals surface area contributed by atoms with Gasteiger partial charge in [0.05, 0.1) is 6.10 Å². The molecular formula is C13H20N2O3. The molecule has 0 aliphatic heterocycles. The Morgan fingerprint density at radius 1 is 1.50 bits per heavy atom. The van der Waals surface area contributed by atoms with E-state index < -0.39 is 5.97 Å². The smallest absolute Gasteiger partial charge is 0.342 e. The number of carbonyl (C=O) groups is 1. The Bertz CT molecular complexity index is 394. The number of nitrogens with one attached hydrogen (secondary N) is 1. The summed E-state index contributed by atoms with van der Waals surface area (Å²) in [5, 5.41) is 12.0. The molecule has 0 radical (unpaired) electrons. The third kappa shape index (κ3) is 4.33. The van der Waals surface area contributed by atoms with E-state index in [0.29, 0.717) is 17.8 Å². The third-order valence-corrected chi connectivity index (χ3v) is 2.32. The molecule has 1 unspecified atom stereocenters. The monoisotopic (exact) mass is 252 g/mol. The zero-order valence-electron chi connectivity index (χ0n) is 11.0.